The van der Waals surface area contributed by atoms with Gasteiger partial charge in [-0.05, 0) is 35.5 Å². The Morgan fingerprint density at radius 3 is 2.26 bits per heavy atom. The summed E-state index contributed by atoms with van der Waals surface area (Å²) in [4.78, 5) is 40.9. The van der Waals surface area contributed by atoms with Crippen molar-refractivity contribution in [3.8, 4) is 0 Å². The summed E-state index contributed by atoms with van der Waals surface area (Å²) in [6.45, 7) is 10.2. The van der Waals surface area contributed by atoms with Gasteiger partial charge in [-0.2, -0.15) is 0 Å². The zero-order valence-electron chi connectivity index (χ0n) is 21.4. The minimum atomic E-state index is -3.50. The Balaban J connectivity index is 1.53. The van der Waals surface area contributed by atoms with E-state index in [0.717, 1.165) is 19.3 Å². The topological polar surface area (TPSA) is 148 Å². The van der Waals surface area contributed by atoms with Gasteiger partial charge in [-0.15, -0.1) is 0 Å². The van der Waals surface area contributed by atoms with E-state index in [1.54, 1.807) is 0 Å². The first-order chi connectivity index (χ1) is 16.1. The highest BCUT2D eigenvalue weighted by atomic mass is 32.2. The molecule has 0 aromatic carbocycles. The summed E-state index contributed by atoms with van der Waals surface area (Å²) in [6.07, 6.45) is 3.51. The minimum absolute atomic E-state index is 0.0219. The SMILES string of the molecule is CC(C)(C)C(NC(=O)NC1(C2OCCS2(=O)=O)CCCCC1)C(=O)N1CC2C(C1C(N)=O)C2(C)C. The summed E-state index contributed by atoms with van der Waals surface area (Å²) in [5.74, 6) is -0.712. The van der Waals surface area contributed by atoms with Crippen molar-refractivity contribution in [2.45, 2.75) is 89.8 Å². The Kier molecular flexibility index (Phi) is 6.44. The predicted octanol–water partition coefficient (Wildman–Crippen LogP) is 1.14. The second-order valence-corrected chi connectivity index (χ2v) is 14.6. The fraction of sp³-hybridized carbons (Fsp3) is 0.875. The molecule has 2 heterocycles. The smallest absolute Gasteiger partial charge is 0.316 e. The second-order valence-electron chi connectivity index (χ2n) is 12.5. The molecular formula is C24H40N4O6S. The van der Waals surface area contributed by atoms with Crippen LogP contribution in [-0.4, -0.2) is 73.1 Å². The number of sulfone groups is 1. The maximum absolute atomic E-state index is 13.7. The molecule has 198 valence electrons. The molecule has 0 spiro atoms. The molecule has 0 aromatic heterocycles. The second kappa shape index (κ2) is 8.61. The molecule has 4 rings (SSSR count). The fourth-order valence-electron chi connectivity index (χ4n) is 6.63. The third-order valence-electron chi connectivity index (χ3n) is 8.69. The van der Waals surface area contributed by atoms with Crippen molar-refractivity contribution in [2.75, 3.05) is 18.9 Å². The first kappa shape index (κ1) is 26.2. The van der Waals surface area contributed by atoms with Crippen LogP contribution in [0.15, 0.2) is 0 Å². The lowest BCUT2D eigenvalue weighted by Crippen LogP contribution is -2.65. The number of hydrogen-bond donors (Lipinski definition) is 3. The van der Waals surface area contributed by atoms with Gasteiger partial charge in [-0.25, -0.2) is 13.2 Å². The lowest BCUT2D eigenvalue weighted by atomic mass is 9.82. The third-order valence-corrected chi connectivity index (χ3v) is 10.7. The standard InChI is InChI=1S/C24H40N4O6S/c1-22(2,3)17(19(30)28-13-14-15(23(14,4)5)16(28)18(25)29)26-21(31)27-24(9-7-6-8-10-24)20-34-11-12-35(20,32)33/h14-17,20H,6-13H2,1-5H3,(H2,25,29)(H2,26,27,31). The van der Waals surface area contributed by atoms with Gasteiger partial charge in [0.25, 0.3) is 0 Å². The number of rotatable bonds is 5. The normalized spacial score (nSPS) is 33.5. The number of nitrogens with zero attached hydrogens (tertiary/aromatic N) is 1. The Bertz CT molecular complexity index is 998. The summed E-state index contributed by atoms with van der Waals surface area (Å²) >= 11 is 0. The van der Waals surface area contributed by atoms with Gasteiger partial charge in [0.1, 0.15) is 12.1 Å². The van der Waals surface area contributed by atoms with Crippen molar-refractivity contribution in [1.29, 1.82) is 0 Å². The van der Waals surface area contributed by atoms with Crippen LogP contribution in [0.1, 0.15) is 66.7 Å². The maximum atomic E-state index is 13.7. The van der Waals surface area contributed by atoms with E-state index in [2.05, 4.69) is 24.5 Å². The van der Waals surface area contributed by atoms with Crippen LogP contribution in [0.5, 0.6) is 0 Å². The first-order valence-corrected chi connectivity index (χ1v) is 14.3. The van der Waals surface area contributed by atoms with Gasteiger partial charge in [0.2, 0.25) is 11.8 Å². The van der Waals surface area contributed by atoms with Crippen LogP contribution in [0, 0.1) is 22.7 Å². The van der Waals surface area contributed by atoms with E-state index in [1.807, 2.05) is 20.8 Å². The van der Waals surface area contributed by atoms with Crippen molar-refractivity contribution in [3.05, 3.63) is 0 Å². The molecule has 2 aliphatic carbocycles. The van der Waals surface area contributed by atoms with E-state index in [0.29, 0.717) is 19.4 Å². The molecule has 0 bridgehead atoms. The number of primary amides is 1. The molecule has 2 saturated heterocycles. The van der Waals surface area contributed by atoms with E-state index in [-0.39, 0.29) is 35.5 Å². The number of urea groups is 1. The minimum Gasteiger partial charge on any atom is -0.368 e. The molecule has 2 saturated carbocycles. The molecule has 11 heteroatoms. The van der Waals surface area contributed by atoms with Crippen LogP contribution in [0.4, 0.5) is 4.79 Å². The largest absolute Gasteiger partial charge is 0.368 e. The lowest BCUT2D eigenvalue weighted by molar-refractivity contribution is -0.142. The molecule has 4 aliphatic rings. The molecular weight excluding hydrogens is 472 g/mol. The van der Waals surface area contributed by atoms with Crippen LogP contribution < -0.4 is 16.4 Å². The average Bonchev–Trinajstić information content (AvgIpc) is 3.09. The van der Waals surface area contributed by atoms with Crippen molar-refractivity contribution in [3.63, 3.8) is 0 Å². The summed E-state index contributed by atoms with van der Waals surface area (Å²) in [7, 11) is -3.50. The first-order valence-electron chi connectivity index (χ1n) is 12.6. The summed E-state index contributed by atoms with van der Waals surface area (Å²) in [5, 5.41) is 5.75. The zero-order chi connectivity index (χ0) is 26.0. The summed E-state index contributed by atoms with van der Waals surface area (Å²) < 4.78 is 31.0. The Morgan fingerprint density at radius 1 is 1.11 bits per heavy atom. The molecule has 2 aliphatic heterocycles. The van der Waals surface area contributed by atoms with Gasteiger partial charge < -0.3 is 26.0 Å². The predicted molar refractivity (Wildman–Crippen MR) is 130 cm³/mol. The number of ether oxygens (including phenoxy) is 1. The molecule has 4 fully saturated rings. The van der Waals surface area contributed by atoms with Crippen LogP contribution in [0.3, 0.4) is 0 Å². The Hall–Kier alpha value is -1.88. The van der Waals surface area contributed by atoms with E-state index in [4.69, 9.17) is 10.5 Å². The number of hydrogen-bond acceptors (Lipinski definition) is 6. The van der Waals surface area contributed by atoms with Crippen LogP contribution in [0.25, 0.3) is 0 Å². The highest BCUT2D eigenvalue weighted by Gasteiger charge is 2.69. The molecule has 5 atom stereocenters. The van der Waals surface area contributed by atoms with E-state index in [1.165, 1.54) is 4.90 Å². The molecule has 35 heavy (non-hydrogen) atoms. The summed E-state index contributed by atoms with van der Waals surface area (Å²) in [6, 6.07) is -2.23. The zero-order valence-corrected chi connectivity index (χ0v) is 22.2. The quantitative estimate of drug-likeness (QED) is 0.503. The number of amides is 4. The van der Waals surface area contributed by atoms with E-state index in [9.17, 15) is 22.8 Å². The maximum Gasteiger partial charge on any atom is 0.316 e. The number of likely N-dealkylation sites (tertiary alicyclic amines) is 1. The molecule has 4 amide bonds. The van der Waals surface area contributed by atoms with Crippen LogP contribution in [0.2, 0.25) is 0 Å². The van der Waals surface area contributed by atoms with Gasteiger partial charge in [-0.1, -0.05) is 53.9 Å². The average molecular weight is 513 g/mol. The third kappa shape index (κ3) is 4.54. The Labute approximate surface area is 208 Å². The number of carbonyl (C=O) groups excluding carboxylic acids is 3. The molecule has 10 nitrogen and oxygen atoms in total. The van der Waals surface area contributed by atoms with Gasteiger partial charge in [0.15, 0.2) is 15.3 Å². The Morgan fingerprint density at radius 2 is 1.74 bits per heavy atom. The van der Waals surface area contributed by atoms with Crippen molar-refractivity contribution in [2.24, 2.45) is 28.4 Å². The molecule has 0 radical (unpaired) electrons. The molecule has 0 aromatic rings. The van der Waals surface area contributed by atoms with E-state index >= 15 is 0 Å². The van der Waals surface area contributed by atoms with Crippen molar-refractivity contribution >= 4 is 27.7 Å². The van der Waals surface area contributed by atoms with Gasteiger partial charge in [-0.3, -0.25) is 9.59 Å². The molecule has 4 N–H and O–H groups in total. The van der Waals surface area contributed by atoms with Gasteiger partial charge in [0.05, 0.1) is 17.9 Å². The summed E-state index contributed by atoms with van der Waals surface area (Å²) in [5.41, 5.74) is 2.89. The number of carbonyl (C=O) groups is 3. The highest BCUT2D eigenvalue weighted by molar-refractivity contribution is 7.92. The van der Waals surface area contributed by atoms with Crippen LogP contribution >= 0.6 is 0 Å². The number of nitrogens with one attached hydrogen (secondary N) is 2. The monoisotopic (exact) mass is 512 g/mol. The van der Waals surface area contributed by atoms with E-state index < -0.39 is 50.2 Å². The number of fused-ring (bicyclic) bond motifs is 1. The van der Waals surface area contributed by atoms with Gasteiger partial charge in [0, 0.05) is 6.54 Å². The van der Waals surface area contributed by atoms with Crippen LogP contribution in [-0.2, 0) is 24.2 Å². The lowest BCUT2D eigenvalue weighted by Gasteiger charge is -2.42. The highest BCUT2D eigenvalue weighted by Crippen LogP contribution is 2.64. The number of nitrogens with two attached hydrogens (primary N) is 1. The van der Waals surface area contributed by atoms with Crippen molar-refractivity contribution in [1.82, 2.24) is 15.5 Å². The number of piperidine rings is 1. The van der Waals surface area contributed by atoms with Gasteiger partial charge >= 0.3 is 6.03 Å². The molecule has 5 unspecified atom stereocenters. The van der Waals surface area contributed by atoms with Crippen molar-refractivity contribution < 1.29 is 27.5 Å². The fourth-order valence-corrected chi connectivity index (χ4v) is 8.46.